The first kappa shape index (κ1) is 16.0. The number of carboxylic acids is 1. The zero-order valence-electron chi connectivity index (χ0n) is 11.3. The fraction of sp³-hybridized carbons (Fsp3) is 0.429. The molecule has 1 aromatic rings. The minimum Gasteiger partial charge on any atom is -0.497 e. The van der Waals surface area contributed by atoms with E-state index in [0.29, 0.717) is 12.2 Å². The number of hydrogen-bond donors (Lipinski definition) is 3. The molecule has 1 unspecified atom stereocenters. The standard InChI is InChI=1S/C14H19NO5/c1-20-11-5-2-4-10(8-11)9-12(14(18)19)15-13(17)6-3-7-16/h2,4-5,8,12,16H,3,6-7,9H2,1H3,(H,15,17)(H,18,19). The van der Waals surface area contributed by atoms with Crippen molar-refractivity contribution in [1.82, 2.24) is 5.32 Å². The number of aliphatic hydroxyl groups excluding tert-OH is 1. The molecule has 1 amide bonds. The van der Waals surface area contributed by atoms with E-state index in [-0.39, 0.29) is 25.4 Å². The topological polar surface area (TPSA) is 95.9 Å². The SMILES string of the molecule is COc1cccc(CC(NC(=O)CCCO)C(=O)O)c1. The summed E-state index contributed by atoms with van der Waals surface area (Å²) in [5.74, 6) is -0.835. The Kier molecular flexibility index (Phi) is 6.52. The Labute approximate surface area is 117 Å². The molecular weight excluding hydrogens is 262 g/mol. The van der Waals surface area contributed by atoms with Crippen LogP contribution in [0.3, 0.4) is 0 Å². The van der Waals surface area contributed by atoms with Crippen LogP contribution < -0.4 is 10.1 Å². The molecule has 110 valence electrons. The maximum Gasteiger partial charge on any atom is 0.326 e. The monoisotopic (exact) mass is 281 g/mol. The summed E-state index contributed by atoms with van der Waals surface area (Å²) in [5.41, 5.74) is 0.763. The van der Waals surface area contributed by atoms with Gasteiger partial charge in [-0.05, 0) is 24.1 Å². The van der Waals surface area contributed by atoms with Crippen LogP contribution in [0.5, 0.6) is 5.75 Å². The summed E-state index contributed by atoms with van der Waals surface area (Å²) in [7, 11) is 1.53. The Bertz CT molecular complexity index is 461. The molecule has 3 N–H and O–H groups in total. The zero-order valence-corrected chi connectivity index (χ0v) is 11.3. The number of aliphatic carboxylic acids is 1. The van der Waals surface area contributed by atoms with Crippen molar-refractivity contribution in [2.24, 2.45) is 0 Å². The van der Waals surface area contributed by atoms with Crippen LogP contribution in [0.15, 0.2) is 24.3 Å². The van der Waals surface area contributed by atoms with Crippen LogP contribution in [0.2, 0.25) is 0 Å². The number of nitrogens with one attached hydrogen (secondary N) is 1. The first-order valence-electron chi connectivity index (χ1n) is 6.32. The van der Waals surface area contributed by atoms with Crippen molar-refractivity contribution in [3.8, 4) is 5.75 Å². The predicted octanol–water partition coefficient (Wildman–Crippen LogP) is 0.580. The maximum atomic E-state index is 11.5. The summed E-state index contributed by atoms with van der Waals surface area (Å²) in [6, 6.07) is 6.04. The molecule has 6 heteroatoms. The van der Waals surface area contributed by atoms with Gasteiger partial charge in [-0.15, -0.1) is 0 Å². The number of ether oxygens (including phenoxy) is 1. The smallest absolute Gasteiger partial charge is 0.326 e. The lowest BCUT2D eigenvalue weighted by Gasteiger charge is -2.15. The average molecular weight is 281 g/mol. The van der Waals surface area contributed by atoms with Crippen molar-refractivity contribution in [1.29, 1.82) is 0 Å². The van der Waals surface area contributed by atoms with Gasteiger partial charge < -0.3 is 20.3 Å². The van der Waals surface area contributed by atoms with E-state index in [0.717, 1.165) is 5.56 Å². The van der Waals surface area contributed by atoms with Crippen molar-refractivity contribution in [3.63, 3.8) is 0 Å². The molecule has 0 aliphatic rings. The number of carbonyl (C=O) groups excluding carboxylic acids is 1. The van der Waals surface area contributed by atoms with E-state index in [2.05, 4.69) is 5.32 Å². The summed E-state index contributed by atoms with van der Waals surface area (Å²) in [6.45, 7) is -0.0962. The minimum absolute atomic E-state index is 0.0962. The van der Waals surface area contributed by atoms with Crippen LogP contribution in [0.25, 0.3) is 0 Å². The molecular formula is C14H19NO5. The van der Waals surface area contributed by atoms with Crippen molar-refractivity contribution in [2.75, 3.05) is 13.7 Å². The van der Waals surface area contributed by atoms with E-state index in [9.17, 15) is 9.59 Å². The van der Waals surface area contributed by atoms with Crippen LogP contribution >= 0.6 is 0 Å². The van der Waals surface area contributed by atoms with Crippen LogP contribution in [0.1, 0.15) is 18.4 Å². The number of benzene rings is 1. The predicted molar refractivity (Wildman–Crippen MR) is 72.6 cm³/mol. The van der Waals surface area contributed by atoms with E-state index in [1.165, 1.54) is 7.11 Å². The van der Waals surface area contributed by atoms with Crippen molar-refractivity contribution < 1.29 is 24.5 Å². The summed E-state index contributed by atoms with van der Waals surface area (Å²) in [5, 5.41) is 20.2. The van der Waals surface area contributed by atoms with E-state index in [1.807, 2.05) is 0 Å². The molecule has 0 saturated heterocycles. The third-order valence-corrected chi connectivity index (χ3v) is 2.77. The summed E-state index contributed by atoms with van der Waals surface area (Å²) in [4.78, 5) is 22.7. The van der Waals surface area contributed by atoms with E-state index < -0.39 is 12.0 Å². The molecule has 1 atom stereocenters. The number of aliphatic hydroxyl groups is 1. The van der Waals surface area contributed by atoms with Crippen LogP contribution in [-0.2, 0) is 16.0 Å². The highest BCUT2D eigenvalue weighted by Gasteiger charge is 2.20. The quantitative estimate of drug-likeness (QED) is 0.648. The van der Waals surface area contributed by atoms with Gasteiger partial charge in [-0.2, -0.15) is 0 Å². The number of hydrogen-bond acceptors (Lipinski definition) is 4. The normalized spacial score (nSPS) is 11.7. The van der Waals surface area contributed by atoms with Gasteiger partial charge in [0.25, 0.3) is 0 Å². The summed E-state index contributed by atoms with van der Waals surface area (Å²) in [6.07, 6.45) is 0.604. The third-order valence-electron chi connectivity index (χ3n) is 2.77. The Hall–Kier alpha value is -2.08. The number of carbonyl (C=O) groups is 2. The Morgan fingerprint density at radius 3 is 2.75 bits per heavy atom. The molecule has 0 bridgehead atoms. The van der Waals surface area contributed by atoms with Crippen molar-refractivity contribution in [3.05, 3.63) is 29.8 Å². The molecule has 0 heterocycles. The van der Waals surface area contributed by atoms with Gasteiger partial charge in [0.15, 0.2) is 0 Å². The molecule has 0 aromatic heterocycles. The Balaban J connectivity index is 2.66. The zero-order chi connectivity index (χ0) is 15.0. The van der Waals surface area contributed by atoms with Crippen molar-refractivity contribution in [2.45, 2.75) is 25.3 Å². The van der Waals surface area contributed by atoms with Crippen LogP contribution in [0, 0.1) is 0 Å². The highest BCUT2D eigenvalue weighted by molar-refractivity contribution is 5.83. The van der Waals surface area contributed by atoms with Gasteiger partial charge in [-0.1, -0.05) is 12.1 Å². The van der Waals surface area contributed by atoms with Crippen LogP contribution in [-0.4, -0.2) is 41.8 Å². The average Bonchev–Trinajstić information content (AvgIpc) is 2.44. The second kappa shape index (κ2) is 8.16. The molecule has 0 aliphatic heterocycles. The van der Waals surface area contributed by atoms with Crippen molar-refractivity contribution >= 4 is 11.9 Å². The lowest BCUT2D eigenvalue weighted by molar-refractivity contribution is -0.141. The molecule has 0 aliphatic carbocycles. The highest BCUT2D eigenvalue weighted by atomic mass is 16.5. The first-order valence-corrected chi connectivity index (χ1v) is 6.32. The lowest BCUT2D eigenvalue weighted by atomic mass is 10.1. The number of rotatable bonds is 8. The lowest BCUT2D eigenvalue weighted by Crippen LogP contribution is -2.42. The van der Waals surface area contributed by atoms with Gasteiger partial charge in [0, 0.05) is 19.4 Å². The molecule has 6 nitrogen and oxygen atoms in total. The molecule has 1 aromatic carbocycles. The van der Waals surface area contributed by atoms with Gasteiger partial charge in [0.1, 0.15) is 11.8 Å². The maximum absolute atomic E-state index is 11.5. The molecule has 0 saturated carbocycles. The molecule has 20 heavy (non-hydrogen) atoms. The molecule has 0 radical (unpaired) electrons. The third kappa shape index (κ3) is 5.27. The second-order valence-electron chi connectivity index (χ2n) is 4.34. The first-order chi connectivity index (χ1) is 9.56. The van der Waals surface area contributed by atoms with Gasteiger partial charge in [0.05, 0.1) is 7.11 Å². The minimum atomic E-state index is -1.09. The van der Waals surface area contributed by atoms with Crippen LogP contribution in [0.4, 0.5) is 0 Å². The molecule has 0 fully saturated rings. The van der Waals surface area contributed by atoms with Gasteiger partial charge in [-0.3, -0.25) is 4.79 Å². The second-order valence-corrected chi connectivity index (χ2v) is 4.34. The van der Waals surface area contributed by atoms with Gasteiger partial charge in [-0.25, -0.2) is 4.79 Å². The summed E-state index contributed by atoms with van der Waals surface area (Å²) < 4.78 is 5.07. The number of carboxylic acid groups (broad SMARTS) is 1. The van der Waals surface area contributed by atoms with E-state index >= 15 is 0 Å². The van der Waals surface area contributed by atoms with Gasteiger partial charge >= 0.3 is 5.97 Å². The Morgan fingerprint density at radius 2 is 2.15 bits per heavy atom. The summed E-state index contributed by atoms with van der Waals surface area (Å²) >= 11 is 0. The Morgan fingerprint density at radius 1 is 1.40 bits per heavy atom. The number of methoxy groups -OCH3 is 1. The number of amides is 1. The molecule has 0 spiro atoms. The molecule has 1 rings (SSSR count). The highest BCUT2D eigenvalue weighted by Crippen LogP contribution is 2.14. The fourth-order valence-electron chi connectivity index (χ4n) is 1.74. The van der Waals surface area contributed by atoms with E-state index in [4.69, 9.17) is 14.9 Å². The van der Waals surface area contributed by atoms with Gasteiger partial charge in [0.2, 0.25) is 5.91 Å². The largest absolute Gasteiger partial charge is 0.497 e. The fourth-order valence-corrected chi connectivity index (χ4v) is 1.74. The van der Waals surface area contributed by atoms with E-state index in [1.54, 1.807) is 24.3 Å².